The van der Waals surface area contributed by atoms with E-state index in [0.29, 0.717) is 11.3 Å². The molecular weight excluding hydrogens is 324 g/mol. The predicted octanol–water partition coefficient (Wildman–Crippen LogP) is 3.26. The maximum absolute atomic E-state index is 12.4. The van der Waals surface area contributed by atoms with Gasteiger partial charge >= 0.3 is 0 Å². The number of amides is 1. The van der Waals surface area contributed by atoms with Gasteiger partial charge in [-0.3, -0.25) is 9.10 Å². The molecule has 1 N–H and O–H groups in total. The molecule has 0 aliphatic rings. The molecule has 0 atom stereocenters. The fourth-order valence-corrected chi connectivity index (χ4v) is 3.14. The molecule has 0 aromatic heterocycles. The van der Waals surface area contributed by atoms with Crippen molar-refractivity contribution in [1.29, 1.82) is 0 Å². The van der Waals surface area contributed by atoms with Crippen LogP contribution in [0.1, 0.15) is 27.0 Å². The van der Waals surface area contributed by atoms with E-state index in [9.17, 15) is 13.2 Å². The molecule has 0 heterocycles. The Labute approximate surface area is 143 Å². The Bertz CT molecular complexity index is 869. The molecule has 128 valence electrons. The van der Waals surface area contributed by atoms with Gasteiger partial charge in [0.25, 0.3) is 5.91 Å². The van der Waals surface area contributed by atoms with Gasteiger partial charge in [-0.2, -0.15) is 0 Å². The highest BCUT2D eigenvalue weighted by Gasteiger charge is 2.16. The van der Waals surface area contributed by atoms with E-state index in [-0.39, 0.29) is 5.91 Å². The van der Waals surface area contributed by atoms with Crippen LogP contribution in [0.2, 0.25) is 0 Å². The maximum atomic E-state index is 12.4. The van der Waals surface area contributed by atoms with E-state index in [1.54, 1.807) is 25.1 Å². The van der Waals surface area contributed by atoms with Crippen LogP contribution < -0.4 is 9.62 Å². The zero-order chi connectivity index (χ0) is 18.1. The van der Waals surface area contributed by atoms with Crippen LogP contribution in [0, 0.1) is 20.8 Å². The molecule has 24 heavy (non-hydrogen) atoms. The van der Waals surface area contributed by atoms with Gasteiger partial charge in [-0.1, -0.05) is 6.07 Å². The van der Waals surface area contributed by atoms with Gasteiger partial charge in [0, 0.05) is 18.3 Å². The summed E-state index contributed by atoms with van der Waals surface area (Å²) in [5.74, 6) is -0.225. The van der Waals surface area contributed by atoms with Gasteiger partial charge in [0.1, 0.15) is 0 Å². The first-order valence-corrected chi connectivity index (χ1v) is 9.37. The number of rotatable bonds is 4. The summed E-state index contributed by atoms with van der Waals surface area (Å²) in [6.45, 7) is 5.73. The number of anilines is 2. The Hall–Kier alpha value is -2.34. The lowest BCUT2D eigenvalue weighted by Crippen LogP contribution is -2.25. The van der Waals surface area contributed by atoms with Crippen molar-refractivity contribution in [2.24, 2.45) is 0 Å². The highest BCUT2D eigenvalue weighted by atomic mass is 32.2. The van der Waals surface area contributed by atoms with Gasteiger partial charge < -0.3 is 5.32 Å². The number of aryl methyl sites for hydroxylation is 3. The lowest BCUT2D eigenvalue weighted by atomic mass is 10.1. The summed E-state index contributed by atoms with van der Waals surface area (Å²) in [6, 6.07) is 10.8. The number of hydrogen-bond donors (Lipinski definition) is 1. The van der Waals surface area contributed by atoms with Crippen LogP contribution >= 0.6 is 0 Å². The molecule has 0 aliphatic heterocycles. The average Bonchev–Trinajstić information content (AvgIpc) is 2.44. The standard InChI is InChI=1S/C18H22N2O3S/c1-12-8-13(2)10-16(9-12)19-18(21)15-6-7-17(14(3)11-15)20(4)24(5,22)23/h6-11H,1-5H3,(H,19,21). The van der Waals surface area contributed by atoms with Crippen LogP contribution in [0.4, 0.5) is 11.4 Å². The van der Waals surface area contributed by atoms with E-state index < -0.39 is 10.0 Å². The number of nitrogens with one attached hydrogen (secondary N) is 1. The second kappa shape index (κ2) is 6.65. The van der Waals surface area contributed by atoms with Gasteiger partial charge in [0.2, 0.25) is 10.0 Å². The van der Waals surface area contributed by atoms with E-state index in [0.717, 1.165) is 28.6 Å². The van der Waals surface area contributed by atoms with Gasteiger partial charge in [-0.05, 0) is 67.8 Å². The Morgan fingerprint density at radius 3 is 2.08 bits per heavy atom. The normalized spacial score (nSPS) is 11.2. The largest absolute Gasteiger partial charge is 0.322 e. The van der Waals surface area contributed by atoms with Gasteiger partial charge in [-0.25, -0.2) is 8.42 Å². The quantitative estimate of drug-likeness (QED) is 0.924. The van der Waals surface area contributed by atoms with E-state index in [1.807, 2.05) is 32.0 Å². The molecule has 0 fully saturated rings. The first-order chi connectivity index (χ1) is 11.1. The van der Waals surface area contributed by atoms with Crippen LogP contribution in [0.3, 0.4) is 0 Å². The van der Waals surface area contributed by atoms with E-state index in [2.05, 4.69) is 5.32 Å². The predicted molar refractivity (Wildman–Crippen MR) is 98.3 cm³/mol. The molecule has 0 saturated heterocycles. The fraction of sp³-hybridized carbons (Fsp3) is 0.278. The molecular formula is C18H22N2O3S. The molecule has 0 spiro atoms. The summed E-state index contributed by atoms with van der Waals surface area (Å²) in [6.07, 6.45) is 1.15. The number of carbonyl (C=O) groups excluding carboxylic acids is 1. The van der Waals surface area contributed by atoms with Crippen LogP contribution in [0.25, 0.3) is 0 Å². The maximum Gasteiger partial charge on any atom is 0.255 e. The molecule has 1 amide bonds. The second-order valence-corrected chi connectivity index (χ2v) is 8.08. The molecule has 2 rings (SSSR count). The SMILES string of the molecule is Cc1cc(C)cc(NC(=O)c2ccc(N(C)S(C)(=O)=O)c(C)c2)c1. The third-order valence-electron chi connectivity index (χ3n) is 3.78. The minimum absolute atomic E-state index is 0.225. The summed E-state index contributed by atoms with van der Waals surface area (Å²) >= 11 is 0. The number of benzene rings is 2. The van der Waals surface area contributed by atoms with Crippen molar-refractivity contribution in [3.63, 3.8) is 0 Å². The minimum atomic E-state index is -3.34. The van der Waals surface area contributed by atoms with Crippen molar-refractivity contribution < 1.29 is 13.2 Å². The van der Waals surface area contributed by atoms with E-state index in [4.69, 9.17) is 0 Å². The van der Waals surface area contributed by atoms with Crippen molar-refractivity contribution in [3.8, 4) is 0 Å². The summed E-state index contributed by atoms with van der Waals surface area (Å²) < 4.78 is 24.5. The fourth-order valence-electron chi connectivity index (χ4n) is 2.58. The van der Waals surface area contributed by atoms with Crippen LogP contribution in [0.5, 0.6) is 0 Å². The topological polar surface area (TPSA) is 66.5 Å². The lowest BCUT2D eigenvalue weighted by Gasteiger charge is -2.19. The van der Waals surface area contributed by atoms with Crippen molar-refractivity contribution in [1.82, 2.24) is 0 Å². The molecule has 0 saturated carbocycles. The molecule has 2 aromatic carbocycles. The summed E-state index contributed by atoms with van der Waals surface area (Å²) in [7, 11) is -1.84. The summed E-state index contributed by atoms with van der Waals surface area (Å²) in [4.78, 5) is 12.4. The number of nitrogens with zero attached hydrogens (tertiary/aromatic N) is 1. The second-order valence-electron chi connectivity index (χ2n) is 6.06. The lowest BCUT2D eigenvalue weighted by molar-refractivity contribution is 0.102. The van der Waals surface area contributed by atoms with Crippen LogP contribution in [-0.2, 0) is 10.0 Å². The Morgan fingerprint density at radius 1 is 1.00 bits per heavy atom. The molecule has 0 aliphatic carbocycles. The summed E-state index contributed by atoms with van der Waals surface area (Å²) in [5, 5.41) is 2.88. The number of hydrogen-bond acceptors (Lipinski definition) is 3. The molecule has 6 heteroatoms. The summed E-state index contributed by atoms with van der Waals surface area (Å²) in [5.41, 5.74) is 4.65. The third-order valence-corrected chi connectivity index (χ3v) is 4.97. The molecule has 2 aromatic rings. The van der Waals surface area contributed by atoms with Gasteiger partial charge in [0.15, 0.2) is 0 Å². The molecule has 0 bridgehead atoms. The third kappa shape index (κ3) is 4.14. The Kier molecular flexibility index (Phi) is 4.99. The molecule has 5 nitrogen and oxygen atoms in total. The highest BCUT2D eigenvalue weighted by molar-refractivity contribution is 7.92. The highest BCUT2D eigenvalue weighted by Crippen LogP contribution is 2.23. The van der Waals surface area contributed by atoms with E-state index >= 15 is 0 Å². The Balaban J connectivity index is 2.26. The number of carbonyl (C=O) groups is 1. The van der Waals surface area contributed by atoms with Gasteiger partial charge in [0.05, 0.1) is 11.9 Å². The first kappa shape index (κ1) is 18.0. The van der Waals surface area contributed by atoms with Crippen molar-refractivity contribution >= 4 is 27.3 Å². The smallest absolute Gasteiger partial charge is 0.255 e. The minimum Gasteiger partial charge on any atom is -0.322 e. The van der Waals surface area contributed by atoms with Crippen LogP contribution in [-0.4, -0.2) is 27.6 Å². The van der Waals surface area contributed by atoms with Crippen molar-refractivity contribution in [3.05, 3.63) is 58.7 Å². The average molecular weight is 346 g/mol. The number of sulfonamides is 1. The van der Waals surface area contributed by atoms with Crippen molar-refractivity contribution in [2.45, 2.75) is 20.8 Å². The van der Waals surface area contributed by atoms with Crippen molar-refractivity contribution in [2.75, 3.05) is 22.9 Å². The molecule has 0 unspecified atom stereocenters. The molecule has 0 radical (unpaired) electrons. The zero-order valence-electron chi connectivity index (χ0n) is 14.5. The zero-order valence-corrected chi connectivity index (χ0v) is 15.4. The van der Waals surface area contributed by atoms with E-state index in [1.165, 1.54) is 11.4 Å². The van der Waals surface area contributed by atoms with Crippen LogP contribution in [0.15, 0.2) is 36.4 Å². The monoisotopic (exact) mass is 346 g/mol. The first-order valence-electron chi connectivity index (χ1n) is 7.52. The Morgan fingerprint density at radius 2 is 1.58 bits per heavy atom. The van der Waals surface area contributed by atoms with Gasteiger partial charge in [-0.15, -0.1) is 0 Å².